The number of unbranched alkanes of at least 4 members (excludes halogenated alkanes) is 1. The van der Waals surface area contributed by atoms with E-state index in [0.717, 1.165) is 17.6 Å². The van der Waals surface area contributed by atoms with E-state index >= 15 is 0 Å². The molecular weight excluding hydrogens is 280 g/mol. The van der Waals surface area contributed by atoms with Gasteiger partial charge < -0.3 is 5.32 Å². The lowest BCUT2D eigenvalue weighted by atomic mass is 10.1. The standard InChI is InChI=1S/C17H18N2.2C2H6/c1-2-3-12-18-17-13-8-4-6-10-15(13)19-16-11-7-5-9-14(16)17;2*1-2/h4-11H,2-3,12H2,1H3,(H,18,19);2*1-2H3. The van der Waals surface area contributed by atoms with Gasteiger partial charge >= 0.3 is 0 Å². The van der Waals surface area contributed by atoms with Crippen LogP contribution < -0.4 is 5.32 Å². The number of benzene rings is 2. The summed E-state index contributed by atoms with van der Waals surface area (Å²) in [6, 6.07) is 16.7. The van der Waals surface area contributed by atoms with E-state index in [2.05, 4.69) is 48.6 Å². The molecule has 0 saturated carbocycles. The minimum absolute atomic E-state index is 1.01. The van der Waals surface area contributed by atoms with E-state index in [9.17, 15) is 0 Å². The molecule has 0 aliphatic rings. The van der Waals surface area contributed by atoms with Crippen LogP contribution in [-0.4, -0.2) is 11.5 Å². The normalized spacial score (nSPS) is 9.61. The van der Waals surface area contributed by atoms with Crippen LogP contribution in [0.25, 0.3) is 21.8 Å². The lowest BCUT2D eigenvalue weighted by Gasteiger charge is -2.12. The van der Waals surface area contributed by atoms with E-state index < -0.39 is 0 Å². The number of nitrogens with zero attached hydrogens (tertiary/aromatic N) is 1. The summed E-state index contributed by atoms with van der Waals surface area (Å²) in [6.07, 6.45) is 2.39. The average Bonchev–Trinajstić information content (AvgIpc) is 2.64. The van der Waals surface area contributed by atoms with Gasteiger partial charge in [-0.3, -0.25) is 0 Å². The quantitative estimate of drug-likeness (QED) is 0.431. The molecule has 1 N–H and O–H groups in total. The van der Waals surface area contributed by atoms with Crippen molar-refractivity contribution in [3.63, 3.8) is 0 Å². The summed E-state index contributed by atoms with van der Waals surface area (Å²) < 4.78 is 0. The molecule has 0 fully saturated rings. The lowest BCUT2D eigenvalue weighted by Crippen LogP contribution is -2.02. The molecular formula is C21H30N2. The molecule has 124 valence electrons. The predicted molar refractivity (Wildman–Crippen MR) is 105 cm³/mol. The number of hydrogen-bond acceptors (Lipinski definition) is 2. The summed E-state index contributed by atoms with van der Waals surface area (Å²) in [4.78, 5) is 4.73. The average molecular weight is 310 g/mol. The number of pyridine rings is 1. The monoisotopic (exact) mass is 310 g/mol. The van der Waals surface area contributed by atoms with E-state index in [-0.39, 0.29) is 0 Å². The van der Waals surface area contributed by atoms with Crippen molar-refractivity contribution in [3.05, 3.63) is 48.5 Å². The first-order valence-corrected chi connectivity index (χ1v) is 8.91. The Labute approximate surface area is 140 Å². The summed E-state index contributed by atoms with van der Waals surface area (Å²) in [5, 5.41) is 6.00. The van der Waals surface area contributed by atoms with Crippen molar-refractivity contribution in [1.82, 2.24) is 4.98 Å². The van der Waals surface area contributed by atoms with Crippen molar-refractivity contribution in [2.75, 3.05) is 11.9 Å². The van der Waals surface area contributed by atoms with Gasteiger partial charge in [-0.2, -0.15) is 0 Å². The third-order valence-corrected chi connectivity index (χ3v) is 3.42. The molecule has 0 unspecified atom stereocenters. The van der Waals surface area contributed by atoms with Crippen LogP contribution in [0.3, 0.4) is 0 Å². The van der Waals surface area contributed by atoms with Gasteiger partial charge in [-0.15, -0.1) is 0 Å². The SMILES string of the molecule is CC.CC.CCCCNc1c2ccccc2nc2ccccc12. The minimum atomic E-state index is 1.01. The molecule has 2 nitrogen and oxygen atoms in total. The fourth-order valence-corrected chi connectivity index (χ4v) is 2.42. The van der Waals surface area contributed by atoms with Crippen LogP contribution >= 0.6 is 0 Å². The number of fused-ring (bicyclic) bond motifs is 2. The van der Waals surface area contributed by atoms with Crippen LogP contribution in [0.15, 0.2) is 48.5 Å². The smallest absolute Gasteiger partial charge is 0.0730 e. The van der Waals surface area contributed by atoms with Crippen LogP contribution in [0.5, 0.6) is 0 Å². The molecule has 0 amide bonds. The largest absolute Gasteiger partial charge is 0.384 e. The number of hydrogen-bond donors (Lipinski definition) is 1. The molecule has 0 radical (unpaired) electrons. The molecule has 0 bridgehead atoms. The fourth-order valence-electron chi connectivity index (χ4n) is 2.42. The van der Waals surface area contributed by atoms with Gasteiger partial charge in [0.25, 0.3) is 0 Å². The fraction of sp³-hybridized carbons (Fsp3) is 0.381. The van der Waals surface area contributed by atoms with E-state index in [4.69, 9.17) is 4.98 Å². The Morgan fingerprint density at radius 2 is 1.26 bits per heavy atom. The maximum atomic E-state index is 4.73. The van der Waals surface area contributed by atoms with E-state index in [1.54, 1.807) is 0 Å². The molecule has 2 aromatic carbocycles. The highest BCUT2D eigenvalue weighted by Gasteiger charge is 2.07. The number of rotatable bonds is 4. The highest BCUT2D eigenvalue weighted by atomic mass is 14.9. The Hall–Kier alpha value is -2.09. The zero-order valence-corrected chi connectivity index (χ0v) is 15.2. The van der Waals surface area contributed by atoms with Crippen molar-refractivity contribution < 1.29 is 0 Å². The molecule has 2 heteroatoms. The second-order valence-electron chi connectivity index (χ2n) is 4.80. The summed E-state index contributed by atoms with van der Waals surface area (Å²) in [7, 11) is 0. The molecule has 0 atom stereocenters. The van der Waals surface area contributed by atoms with Crippen LogP contribution in [0.4, 0.5) is 5.69 Å². The molecule has 0 aliphatic carbocycles. The van der Waals surface area contributed by atoms with Crippen molar-refractivity contribution >= 4 is 27.5 Å². The number of para-hydroxylation sites is 2. The van der Waals surface area contributed by atoms with Gasteiger partial charge in [0.15, 0.2) is 0 Å². The Morgan fingerprint density at radius 1 is 0.783 bits per heavy atom. The number of anilines is 1. The van der Waals surface area contributed by atoms with E-state index in [1.165, 1.54) is 29.3 Å². The summed E-state index contributed by atoms with van der Waals surface area (Å²) >= 11 is 0. The zero-order chi connectivity index (χ0) is 17.1. The highest BCUT2D eigenvalue weighted by molar-refractivity contribution is 6.07. The van der Waals surface area contributed by atoms with Gasteiger partial charge in [0.05, 0.1) is 16.7 Å². The number of aromatic nitrogens is 1. The highest BCUT2D eigenvalue weighted by Crippen LogP contribution is 2.30. The first kappa shape index (κ1) is 19.0. The summed E-state index contributed by atoms with van der Waals surface area (Å²) in [6.45, 7) is 11.2. The van der Waals surface area contributed by atoms with Crippen molar-refractivity contribution in [2.24, 2.45) is 0 Å². The molecule has 0 spiro atoms. The Morgan fingerprint density at radius 3 is 1.74 bits per heavy atom. The predicted octanol–water partition coefficient (Wildman–Crippen LogP) is 6.65. The molecule has 0 aliphatic heterocycles. The third-order valence-electron chi connectivity index (χ3n) is 3.42. The van der Waals surface area contributed by atoms with Gasteiger partial charge in [-0.25, -0.2) is 4.98 Å². The zero-order valence-electron chi connectivity index (χ0n) is 15.2. The molecule has 3 aromatic rings. The molecule has 0 saturated heterocycles. The van der Waals surface area contributed by atoms with Crippen molar-refractivity contribution in [3.8, 4) is 0 Å². The first-order chi connectivity index (χ1) is 11.4. The van der Waals surface area contributed by atoms with Crippen molar-refractivity contribution in [1.29, 1.82) is 0 Å². The maximum Gasteiger partial charge on any atom is 0.0730 e. The topological polar surface area (TPSA) is 24.9 Å². The lowest BCUT2D eigenvalue weighted by molar-refractivity contribution is 0.835. The van der Waals surface area contributed by atoms with Crippen LogP contribution in [0, 0.1) is 0 Å². The second kappa shape index (κ2) is 10.6. The second-order valence-corrected chi connectivity index (χ2v) is 4.80. The van der Waals surface area contributed by atoms with Gasteiger partial charge in [-0.1, -0.05) is 77.4 Å². The molecule has 3 rings (SSSR count). The third kappa shape index (κ3) is 4.69. The number of nitrogens with one attached hydrogen (secondary N) is 1. The van der Waals surface area contributed by atoms with Gasteiger partial charge in [0.1, 0.15) is 0 Å². The Balaban J connectivity index is 0.000000615. The Bertz CT molecular complexity index is 650. The van der Waals surface area contributed by atoms with Crippen molar-refractivity contribution in [2.45, 2.75) is 47.5 Å². The maximum absolute atomic E-state index is 4.73. The van der Waals surface area contributed by atoms with E-state index in [1.807, 2.05) is 39.8 Å². The summed E-state index contributed by atoms with van der Waals surface area (Å²) in [5.74, 6) is 0. The van der Waals surface area contributed by atoms with Crippen LogP contribution in [0.1, 0.15) is 47.5 Å². The summed E-state index contributed by atoms with van der Waals surface area (Å²) in [5.41, 5.74) is 3.33. The van der Waals surface area contributed by atoms with Gasteiger partial charge in [0.2, 0.25) is 0 Å². The minimum Gasteiger partial charge on any atom is -0.384 e. The van der Waals surface area contributed by atoms with Crippen LogP contribution in [0.2, 0.25) is 0 Å². The molecule has 1 heterocycles. The first-order valence-electron chi connectivity index (χ1n) is 8.91. The Kier molecular flexibility index (Phi) is 8.74. The molecule has 1 aromatic heterocycles. The van der Waals surface area contributed by atoms with E-state index in [0.29, 0.717) is 0 Å². The van der Waals surface area contributed by atoms with Gasteiger partial charge in [0, 0.05) is 17.3 Å². The van der Waals surface area contributed by atoms with Crippen LogP contribution in [-0.2, 0) is 0 Å². The molecule has 23 heavy (non-hydrogen) atoms. The van der Waals surface area contributed by atoms with Gasteiger partial charge in [-0.05, 0) is 18.6 Å².